The minimum atomic E-state index is -2.99. The molecule has 0 bridgehead atoms. The highest BCUT2D eigenvalue weighted by Crippen LogP contribution is 2.21. The van der Waals surface area contributed by atoms with Gasteiger partial charge in [0.15, 0.2) is 0 Å². The highest BCUT2D eigenvalue weighted by molar-refractivity contribution is 7.90. The van der Waals surface area contributed by atoms with Crippen LogP contribution in [-0.2, 0) is 22.8 Å². The highest BCUT2D eigenvalue weighted by Gasteiger charge is 2.13. The van der Waals surface area contributed by atoms with E-state index in [1.165, 1.54) is 12.3 Å². The maximum absolute atomic E-state index is 13.6. The maximum Gasteiger partial charge on any atom is 0.147 e. The zero-order valence-corrected chi connectivity index (χ0v) is 13.6. The molecule has 116 valence electrons. The number of hydrogen-bond donors (Lipinski definition) is 0. The van der Waals surface area contributed by atoms with Crippen molar-refractivity contribution in [1.29, 1.82) is 0 Å². The fourth-order valence-corrected chi connectivity index (χ4v) is 3.13. The first-order valence-corrected chi connectivity index (χ1v) is 9.30. The molecule has 1 aromatic heterocycles. The lowest BCUT2D eigenvalue weighted by molar-refractivity contribution is 0.590. The predicted octanol–water partition coefficient (Wildman–Crippen LogP) is 2.70. The number of nitrogens with zero attached hydrogens (tertiary/aromatic N) is 2. The minimum absolute atomic E-state index is 0.118. The average Bonchev–Trinajstić information content (AvgIpc) is 2.67. The zero-order valence-electron chi connectivity index (χ0n) is 12.1. The Hall–Kier alpha value is -1.14. The Kier molecular flexibility index (Phi) is 4.88. The molecule has 21 heavy (non-hydrogen) atoms. The van der Waals surface area contributed by atoms with Gasteiger partial charge >= 0.3 is 0 Å². The van der Waals surface area contributed by atoms with Crippen LogP contribution in [0.2, 0.25) is 0 Å². The van der Waals surface area contributed by atoms with Crippen molar-refractivity contribution < 1.29 is 12.8 Å². The van der Waals surface area contributed by atoms with E-state index in [9.17, 15) is 12.8 Å². The van der Waals surface area contributed by atoms with Gasteiger partial charge < -0.3 is 4.57 Å². The molecule has 0 N–H and O–H groups in total. The van der Waals surface area contributed by atoms with Gasteiger partial charge in [0.05, 0.1) is 16.8 Å². The van der Waals surface area contributed by atoms with Crippen molar-refractivity contribution >= 4 is 32.5 Å². The second kappa shape index (κ2) is 6.32. The first-order valence-electron chi connectivity index (χ1n) is 6.71. The molecule has 0 fully saturated rings. The molecule has 0 aliphatic rings. The van der Waals surface area contributed by atoms with Crippen molar-refractivity contribution in [3.63, 3.8) is 0 Å². The molecule has 4 nitrogen and oxygen atoms in total. The number of fused-ring (bicyclic) bond motifs is 1. The summed E-state index contributed by atoms with van der Waals surface area (Å²) in [6.45, 7) is 2.23. The van der Waals surface area contributed by atoms with Gasteiger partial charge in [0, 0.05) is 31.2 Å². The molecular weight excluding hydrogens is 315 g/mol. The van der Waals surface area contributed by atoms with E-state index in [4.69, 9.17) is 11.6 Å². The van der Waals surface area contributed by atoms with Crippen molar-refractivity contribution in [3.05, 3.63) is 29.3 Å². The molecule has 0 amide bonds. The van der Waals surface area contributed by atoms with Crippen molar-refractivity contribution in [2.75, 3.05) is 17.9 Å². The van der Waals surface area contributed by atoms with Gasteiger partial charge in [-0.05, 0) is 25.0 Å². The molecular formula is C14H18ClFN2O2S. The van der Waals surface area contributed by atoms with Gasteiger partial charge in [-0.3, -0.25) is 0 Å². The summed E-state index contributed by atoms with van der Waals surface area (Å²) in [6, 6.07) is 3.16. The van der Waals surface area contributed by atoms with E-state index in [1.54, 1.807) is 13.0 Å². The molecule has 0 saturated heterocycles. The monoisotopic (exact) mass is 332 g/mol. The van der Waals surface area contributed by atoms with Gasteiger partial charge in [-0.1, -0.05) is 0 Å². The summed E-state index contributed by atoms with van der Waals surface area (Å²) in [7, 11) is -2.99. The van der Waals surface area contributed by atoms with E-state index >= 15 is 0 Å². The first kappa shape index (κ1) is 16.2. The summed E-state index contributed by atoms with van der Waals surface area (Å²) < 4.78 is 38.0. The molecule has 1 aromatic carbocycles. The Morgan fingerprint density at radius 1 is 1.38 bits per heavy atom. The summed E-state index contributed by atoms with van der Waals surface area (Å²) in [4.78, 5) is 4.41. The van der Waals surface area contributed by atoms with Crippen LogP contribution < -0.4 is 0 Å². The van der Waals surface area contributed by atoms with Crippen molar-refractivity contribution in [2.45, 2.75) is 26.3 Å². The van der Waals surface area contributed by atoms with Crippen LogP contribution in [-0.4, -0.2) is 35.9 Å². The lowest BCUT2D eigenvalue weighted by atomic mass is 10.2. The molecule has 0 atom stereocenters. The second-order valence-corrected chi connectivity index (χ2v) is 7.83. The number of aromatic nitrogens is 2. The third kappa shape index (κ3) is 3.95. The number of halogens is 2. The number of hydrogen-bond acceptors (Lipinski definition) is 3. The molecule has 0 unspecified atom stereocenters. The summed E-state index contributed by atoms with van der Waals surface area (Å²) in [6.07, 6.45) is 2.28. The fraction of sp³-hybridized carbons (Fsp3) is 0.500. The van der Waals surface area contributed by atoms with Gasteiger partial charge in [-0.15, -0.1) is 11.6 Å². The lowest BCUT2D eigenvalue weighted by Gasteiger charge is -2.08. The van der Waals surface area contributed by atoms with E-state index in [1.807, 2.05) is 4.57 Å². The van der Waals surface area contributed by atoms with Crippen LogP contribution in [0.25, 0.3) is 11.0 Å². The topological polar surface area (TPSA) is 52.0 Å². The third-order valence-electron chi connectivity index (χ3n) is 3.32. The quantitative estimate of drug-likeness (QED) is 0.764. The van der Waals surface area contributed by atoms with E-state index in [2.05, 4.69) is 4.98 Å². The summed E-state index contributed by atoms with van der Waals surface area (Å²) in [5.74, 6) is 1.00. The van der Waals surface area contributed by atoms with Gasteiger partial charge in [0.1, 0.15) is 21.5 Å². The Balaban J connectivity index is 2.38. The van der Waals surface area contributed by atoms with Crippen LogP contribution >= 0.6 is 11.6 Å². The smallest absolute Gasteiger partial charge is 0.147 e. The largest absolute Gasteiger partial charge is 0.328 e. The van der Waals surface area contributed by atoms with Crippen LogP contribution in [0.15, 0.2) is 12.1 Å². The molecule has 0 saturated carbocycles. The number of alkyl halides is 1. The normalized spacial score (nSPS) is 12.2. The van der Waals surface area contributed by atoms with Gasteiger partial charge in [-0.25, -0.2) is 17.8 Å². The zero-order chi connectivity index (χ0) is 15.6. The summed E-state index contributed by atoms with van der Waals surface area (Å²) in [5, 5.41) is 0. The lowest BCUT2D eigenvalue weighted by Crippen LogP contribution is -2.10. The van der Waals surface area contributed by atoms with Crippen molar-refractivity contribution in [1.82, 2.24) is 9.55 Å². The minimum Gasteiger partial charge on any atom is -0.328 e. The van der Waals surface area contributed by atoms with Crippen LogP contribution in [0.4, 0.5) is 4.39 Å². The Morgan fingerprint density at radius 2 is 2.10 bits per heavy atom. The third-order valence-corrected chi connectivity index (χ3v) is 4.54. The Morgan fingerprint density at radius 3 is 2.71 bits per heavy atom. The number of sulfone groups is 1. The van der Waals surface area contributed by atoms with E-state index in [-0.39, 0.29) is 11.6 Å². The molecule has 0 aliphatic carbocycles. The number of benzene rings is 1. The van der Waals surface area contributed by atoms with Crippen LogP contribution in [0.1, 0.15) is 17.8 Å². The molecule has 1 heterocycles. The van der Waals surface area contributed by atoms with E-state index in [0.29, 0.717) is 36.3 Å². The van der Waals surface area contributed by atoms with Crippen molar-refractivity contribution in [3.8, 4) is 0 Å². The standard InChI is InChI=1S/C14H18ClFN2O2S/c1-10-8-13-12(9-11(10)16)17-14(4-5-15)18(13)6-3-7-21(2,19)20/h8-9H,3-7H2,1-2H3. The van der Waals surface area contributed by atoms with Crippen LogP contribution in [0.3, 0.4) is 0 Å². The van der Waals surface area contributed by atoms with E-state index < -0.39 is 9.84 Å². The maximum atomic E-state index is 13.6. The van der Waals surface area contributed by atoms with Gasteiger partial charge in [0.2, 0.25) is 0 Å². The van der Waals surface area contributed by atoms with Gasteiger partial charge in [0.25, 0.3) is 0 Å². The molecule has 2 rings (SSSR count). The Labute approximate surface area is 128 Å². The first-order chi connectivity index (χ1) is 9.81. The van der Waals surface area contributed by atoms with Gasteiger partial charge in [-0.2, -0.15) is 0 Å². The summed E-state index contributed by atoms with van der Waals surface area (Å²) in [5.41, 5.74) is 1.95. The van der Waals surface area contributed by atoms with E-state index in [0.717, 1.165) is 11.3 Å². The van der Waals surface area contributed by atoms with Crippen molar-refractivity contribution in [2.24, 2.45) is 0 Å². The number of imidazole rings is 1. The average molecular weight is 333 g/mol. The predicted molar refractivity (Wildman–Crippen MR) is 83.2 cm³/mol. The molecule has 0 spiro atoms. The molecule has 2 aromatic rings. The highest BCUT2D eigenvalue weighted by atomic mass is 35.5. The SMILES string of the molecule is Cc1cc2c(cc1F)nc(CCCl)n2CCCS(C)(=O)=O. The number of aryl methyl sites for hydroxylation is 3. The fourth-order valence-electron chi connectivity index (χ4n) is 2.31. The molecule has 0 aliphatic heterocycles. The number of rotatable bonds is 6. The van der Waals surface area contributed by atoms with Crippen LogP contribution in [0, 0.1) is 12.7 Å². The summed E-state index contributed by atoms with van der Waals surface area (Å²) >= 11 is 5.78. The van der Waals surface area contributed by atoms with Crippen LogP contribution in [0.5, 0.6) is 0 Å². The molecule has 7 heteroatoms. The molecule has 0 radical (unpaired) electrons. The Bertz CT molecular complexity index is 756. The second-order valence-electron chi connectivity index (χ2n) is 5.19.